The molecule has 0 spiro atoms. The first-order valence-electron chi connectivity index (χ1n) is 5.81. The molecule has 17 heavy (non-hydrogen) atoms. The van der Waals surface area contributed by atoms with Gasteiger partial charge in [0.15, 0.2) is 0 Å². The molecule has 0 aromatic heterocycles. The number of hydrogen-bond acceptors (Lipinski definition) is 2. The van der Waals surface area contributed by atoms with Crippen molar-refractivity contribution in [1.82, 2.24) is 4.90 Å². The number of fused-ring (bicyclic) bond motifs is 1. The molecule has 4 heteroatoms. The summed E-state index contributed by atoms with van der Waals surface area (Å²) in [6.45, 7) is 0. The number of amides is 1. The van der Waals surface area contributed by atoms with Crippen LogP contribution in [0, 0.1) is 0 Å². The Kier molecular flexibility index (Phi) is 2.68. The highest BCUT2D eigenvalue weighted by atomic mass is 35.5. The molecule has 2 atom stereocenters. The fourth-order valence-electron chi connectivity index (χ4n) is 2.70. The molecule has 0 N–H and O–H groups in total. The molecular weight excluding hydrogens is 254 g/mol. The topological polar surface area (TPSA) is 20.3 Å². The Balaban J connectivity index is 2.00. The molecule has 0 saturated heterocycles. The number of thiocarbonyl (C=S) groups is 1. The first kappa shape index (κ1) is 11.2. The van der Waals surface area contributed by atoms with Crippen molar-refractivity contribution in [2.45, 2.75) is 30.7 Å². The molecule has 1 fully saturated rings. The van der Waals surface area contributed by atoms with E-state index in [0.29, 0.717) is 10.6 Å². The van der Waals surface area contributed by atoms with Crippen LogP contribution in [0.2, 0.25) is 0 Å². The second kappa shape index (κ2) is 4.07. The van der Waals surface area contributed by atoms with Gasteiger partial charge in [-0.1, -0.05) is 30.4 Å². The van der Waals surface area contributed by atoms with Gasteiger partial charge in [-0.25, -0.2) is 0 Å². The van der Waals surface area contributed by atoms with Gasteiger partial charge in [-0.15, -0.1) is 11.6 Å². The lowest BCUT2D eigenvalue weighted by molar-refractivity contribution is 0.0823. The van der Waals surface area contributed by atoms with Crippen LogP contribution >= 0.6 is 23.8 Å². The Hall–Kier alpha value is -0.930. The minimum Gasteiger partial charge on any atom is -0.294 e. The van der Waals surface area contributed by atoms with Crippen molar-refractivity contribution in [1.29, 1.82) is 0 Å². The normalized spacial score (nSPS) is 27.7. The SMILES string of the molecule is O=C1c2ccccc2C(=S)N1C1CCCC1Cl. The van der Waals surface area contributed by atoms with Crippen molar-refractivity contribution in [3.63, 3.8) is 0 Å². The Labute approximate surface area is 111 Å². The molecule has 1 aromatic carbocycles. The van der Waals surface area contributed by atoms with Gasteiger partial charge in [0.25, 0.3) is 5.91 Å². The number of nitrogens with zero attached hydrogens (tertiary/aromatic N) is 1. The lowest BCUT2D eigenvalue weighted by Crippen LogP contribution is -2.42. The third-order valence-electron chi connectivity index (χ3n) is 3.55. The van der Waals surface area contributed by atoms with E-state index >= 15 is 0 Å². The average molecular weight is 266 g/mol. The highest BCUT2D eigenvalue weighted by molar-refractivity contribution is 7.80. The molecule has 3 rings (SSSR count). The highest BCUT2D eigenvalue weighted by Crippen LogP contribution is 2.34. The zero-order valence-corrected chi connectivity index (χ0v) is 10.8. The minimum absolute atomic E-state index is 0.0168. The van der Waals surface area contributed by atoms with E-state index in [9.17, 15) is 4.79 Å². The van der Waals surface area contributed by atoms with E-state index in [4.69, 9.17) is 23.8 Å². The van der Waals surface area contributed by atoms with Crippen LogP contribution in [-0.2, 0) is 0 Å². The van der Waals surface area contributed by atoms with Crippen LogP contribution in [0.5, 0.6) is 0 Å². The summed E-state index contributed by atoms with van der Waals surface area (Å²) in [6, 6.07) is 7.60. The van der Waals surface area contributed by atoms with Crippen molar-refractivity contribution < 1.29 is 4.79 Å². The van der Waals surface area contributed by atoms with Gasteiger partial charge in [-0.2, -0.15) is 0 Å². The van der Waals surface area contributed by atoms with Crippen LogP contribution in [0.15, 0.2) is 24.3 Å². The first-order valence-corrected chi connectivity index (χ1v) is 6.65. The van der Waals surface area contributed by atoms with Gasteiger partial charge in [0.05, 0.1) is 17.0 Å². The lowest BCUT2D eigenvalue weighted by atomic mass is 10.1. The maximum Gasteiger partial charge on any atom is 0.259 e. The third kappa shape index (κ3) is 1.60. The number of rotatable bonds is 1. The van der Waals surface area contributed by atoms with Crippen molar-refractivity contribution >= 4 is 34.7 Å². The molecular formula is C13H12ClNOS. The zero-order valence-electron chi connectivity index (χ0n) is 9.23. The fraction of sp³-hybridized carbons (Fsp3) is 0.385. The molecule has 1 amide bonds. The number of carbonyl (C=O) groups is 1. The first-order chi connectivity index (χ1) is 8.20. The standard InChI is InChI=1S/C13H12ClNOS/c14-10-6-3-7-11(10)15-12(16)8-4-1-2-5-9(8)13(15)17/h1-2,4-5,10-11H,3,6-7H2. The number of benzene rings is 1. The van der Waals surface area contributed by atoms with E-state index in [1.165, 1.54) is 0 Å². The molecule has 1 saturated carbocycles. The maximum absolute atomic E-state index is 12.3. The Bertz CT molecular complexity index is 467. The summed E-state index contributed by atoms with van der Waals surface area (Å²) in [4.78, 5) is 14.7. The van der Waals surface area contributed by atoms with Crippen LogP contribution in [0.3, 0.4) is 0 Å². The Morgan fingerprint density at radius 1 is 1.24 bits per heavy atom. The summed E-state index contributed by atoms with van der Waals surface area (Å²) in [5, 5.41) is 0.0335. The van der Waals surface area contributed by atoms with Crippen LogP contribution in [0.4, 0.5) is 0 Å². The van der Waals surface area contributed by atoms with Gasteiger partial charge in [0.2, 0.25) is 0 Å². The van der Waals surface area contributed by atoms with Crippen LogP contribution < -0.4 is 0 Å². The van der Waals surface area contributed by atoms with Gasteiger partial charge in [-0.05, 0) is 25.3 Å². The largest absolute Gasteiger partial charge is 0.294 e. The summed E-state index contributed by atoms with van der Waals surface area (Å²) >= 11 is 11.7. The third-order valence-corrected chi connectivity index (χ3v) is 4.48. The van der Waals surface area contributed by atoms with E-state index in [1.54, 1.807) is 4.90 Å². The molecule has 2 nitrogen and oxygen atoms in total. The van der Waals surface area contributed by atoms with Crippen LogP contribution in [0.25, 0.3) is 0 Å². The van der Waals surface area contributed by atoms with E-state index < -0.39 is 0 Å². The van der Waals surface area contributed by atoms with Crippen molar-refractivity contribution in [2.75, 3.05) is 0 Å². The van der Waals surface area contributed by atoms with Gasteiger partial charge in [0, 0.05) is 5.56 Å². The van der Waals surface area contributed by atoms with Gasteiger partial charge >= 0.3 is 0 Å². The smallest absolute Gasteiger partial charge is 0.259 e. The minimum atomic E-state index is 0.0168. The summed E-state index contributed by atoms with van der Waals surface area (Å²) in [6.07, 6.45) is 2.99. The molecule has 1 aliphatic heterocycles. The number of alkyl halides is 1. The monoisotopic (exact) mass is 265 g/mol. The molecule has 1 heterocycles. The van der Waals surface area contributed by atoms with Gasteiger partial charge in [0.1, 0.15) is 4.99 Å². The van der Waals surface area contributed by atoms with Crippen molar-refractivity contribution in [3.8, 4) is 0 Å². The predicted octanol–water partition coefficient (Wildman–Crippen LogP) is 2.98. The summed E-state index contributed by atoms with van der Waals surface area (Å²) in [5.74, 6) is 0.0168. The Morgan fingerprint density at radius 2 is 1.94 bits per heavy atom. The van der Waals surface area contributed by atoms with E-state index in [2.05, 4.69) is 0 Å². The molecule has 1 aliphatic carbocycles. The number of carbonyl (C=O) groups excluding carboxylic acids is 1. The summed E-state index contributed by atoms with van der Waals surface area (Å²) < 4.78 is 0. The molecule has 2 unspecified atom stereocenters. The van der Waals surface area contributed by atoms with Crippen molar-refractivity contribution in [3.05, 3.63) is 35.4 Å². The highest BCUT2D eigenvalue weighted by Gasteiger charge is 2.41. The zero-order chi connectivity index (χ0) is 12.0. The maximum atomic E-state index is 12.3. The van der Waals surface area contributed by atoms with Crippen molar-refractivity contribution in [2.24, 2.45) is 0 Å². The van der Waals surface area contributed by atoms with Crippen LogP contribution in [0.1, 0.15) is 35.2 Å². The second-order valence-electron chi connectivity index (χ2n) is 4.54. The van der Waals surface area contributed by atoms with Crippen LogP contribution in [-0.4, -0.2) is 27.2 Å². The number of hydrogen-bond donors (Lipinski definition) is 0. The molecule has 1 aromatic rings. The van der Waals surface area contributed by atoms with E-state index in [0.717, 1.165) is 24.8 Å². The summed E-state index contributed by atoms with van der Waals surface area (Å²) in [7, 11) is 0. The number of halogens is 1. The lowest BCUT2D eigenvalue weighted by Gasteiger charge is -2.26. The Morgan fingerprint density at radius 3 is 2.53 bits per heavy atom. The molecule has 88 valence electrons. The van der Waals surface area contributed by atoms with E-state index in [-0.39, 0.29) is 17.3 Å². The molecule has 0 radical (unpaired) electrons. The predicted molar refractivity (Wildman–Crippen MR) is 71.6 cm³/mol. The molecule has 2 aliphatic rings. The summed E-state index contributed by atoms with van der Waals surface area (Å²) in [5.41, 5.74) is 1.59. The fourth-order valence-corrected chi connectivity index (χ4v) is 3.48. The van der Waals surface area contributed by atoms with Gasteiger partial charge < -0.3 is 0 Å². The molecule has 0 bridgehead atoms. The second-order valence-corrected chi connectivity index (χ2v) is 5.49. The van der Waals surface area contributed by atoms with E-state index in [1.807, 2.05) is 24.3 Å². The quantitative estimate of drug-likeness (QED) is 0.575. The van der Waals surface area contributed by atoms with Gasteiger partial charge in [-0.3, -0.25) is 9.69 Å². The average Bonchev–Trinajstić information content (AvgIpc) is 2.84.